The molecule has 0 bridgehead atoms. The van der Waals surface area contributed by atoms with Crippen molar-refractivity contribution in [2.75, 3.05) is 32.5 Å². The second-order valence-corrected chi connectivity index (χ2v) is 4.30. The molecular weight excluding hydrogens is 204 g/mol. The number of morpholine rings is 1. The third kappa shape index (κ3) is 2.15. The monoisotopic (exact) mass is 222 g/mol. The molecule has 1 saturated heterocycles. The molecule has 1 aliphatic rings. The van der Waals surface area contributed by atoms with Crippen LogP contribution in [0.1, 0.15) is 23.2 Å². The van der Waals surface area contributed by atoms with E-state index in [2.05, 4.69) is 21.9 Å². The van der Waals surface area contributed by atoms with Gasteiger partial charge in [0.1, 0.15) is 11.9 Å². The number of aryl methyl sites for hydroxylation is 1. The average molecular weight is 222 g/mol. The summed E-state index contributed by atoms with van der Waals surface area (Å²) in [6.45, 7) is 6.38. The number of rotatable bonds is 1. The molecule has 2 rings (SSSR count). The van der Waals surface area contributed by atoms with Crippen molar-refractivity contribution in [2.24, 2.45) is 0 Å². The SMILES string of the molecule is Cc1nc(C2CN(C)CCO2)nc(N)c1C. The molecule has 0 spiro atoms. The minimum Gasteiger partial charge on any atom is -0.383 e. The number of hydrogen-bond acceptors (Lipinski definition) is 5. The second-order valence-electron chi connectivity index (χ2n) is 4.30. The summed E-state index contributed by atoms with van der Waals surface area (Å²) >= 11 is 0. The van der Waals surface area contributed by atoms with Crippen LogP contribution in [0.4, 0.5) is 5.82 Å². The van der Waals surface area contributed by atoms with E-state index in [1.807, 2.05) is 13.8 Å². The van der Waals surface area contributed by atoms with Crippen molar-refractivity contribution in [3.05, 3.63) is 17.1 Å². The quantitative estimate of drug-likeness (QED) is 0.757. The molecule has 1 aliphatic heterocycles. The summed E-state index contributed by atoms with van der Waals surface area (Å²) < 4.78 is 5.66. The Morgan fingerprint density at radius 1 is 1.38 bits per heavy atom. The van der Waals surface area contributed by atoms with Crippen LogP contribution in [0, 0.1) is 13.8 Å². The zero-order valence-corrected chi connectivity index (χ0v) is 10.0. The van der Waals surface area contributed by atoms with E-state index in [1.54, 1.807) is 0 Å². The van der Waals surface area contributed by atoms with E-state index in [0.29, 0.717) is 11.6 Å². The average Bonchev–Trinajstić information content (AvgIpc) is 2.25. The van der Waals surface area contributed by atoms with Crippen LogP contribution >= 0.6 is 0 Å². The summed E-state index contributed by atoms with van der Waals surface area (Å²) in [6, 6.07) is 0. The van der Waals surface area contributed by atoms with Gasteiger partial charge in [0.25, 0.3) is 0 Å². The van der Waals surface area contributed by atoms with Gasteiger partial charge in [-0.15, -0.1) is 0 Å². The summed E-state index contributed by atoms with van der Waals surface area (Å²) in [5, 5.41) is 0. The van der Waals surface area contributed by atoms with E-state index < -0.39 is 0 Å². The molecule has 2 N–H and O–H groups in total. The van der Waals surface area contributed by atoms with Gasteiger partial charge in [-0.05, 0) is 20.9 Å². The fourth-order valence-corrected chi connectivity index (χ4v) is 1.75. The molecule has 0 radical (unpaired) electrons. The largest absolute Gasteiger partial charge is 0.383 e. The van der Waals surface area contributed by atoms with E-state index in [4.69, 9.17) is 10.5 Å². The molecule has 88 valence electrons. The molecule has 0 aliphatic carbocycles. The summed E-state index contributed by atoms with van der Waals surface area (Å²) in [4.78, 5) is 11.0. The van der Waals surface area contributed by atoms with Crippen LogP contribution in [0.3, 0.4) is 0 Å². The van der Waals surface area contributed by atoms with Crippen LogP contribution in [0.25, 0.3) is 0 Å². The first-order valence-electron chi connectivity index (χ1n) is 5.48. The maximum Gasteiger partial charge on any atom is 0.161 e. The first-order chi connectivity index (χ1) is 7.58. The van der Waals surface area contributed by atoms with Crippen molar-refractivity contribution < 1.29 is 4.74 Å². The van der Waals surface area contributed by atoms with Gasteiger partial charge < -0.3 is 15.4 Å². The summed E-state index contributed by atoms with van der Waals surface area (Å²) in [6.07, 6.45) is -0.0552. The first-order valence-corrected chi connectivity index (χ1v) is 5.48. The lowest BCUT2D eigenvalue weighted by molar-refractivity contribution is -0.0255. The Labute approximate surface area is 95.6 Å². The summed E-state index contributed by atoms with van der Waals surface area (Å²) in [5.74, 6) is 1.26. The normalized spacial score (nSPS) is 22.3. The molecule has 1 aromatic rings. The molecule has 2 heterocycles. The summed E-state index contributed by atoms with van der Waals surface area (Å²) in [7, 11) is 2.07. The number of ether oxygens (including phenoxy) is 1. The van der Waals surface area contributed by atoms with Crippen molar-refractivity contribution in [2.45, 2.75) is 20.0 Å². The van der Waals surface area contributed by atoms with Crippen molar-refractivity contribution >= 4 is 5.82 Å². The first kappa shape index (κ1) is 11.3. The minimum atomic E-state index is -0.0552. The van der Waals surface area contributed by atoms with Gasteiger partial charge in [-0.25, -0.2) is 9.97 Å². The van der Waals surface area contributed by atoms with Crippen LogP contribution in [-0.2, 0) is 4.74 Å². The molecule has 0 aromatic carbocycles. The highest BCUT2D eigenvalue weighted by atomic mass is 16.5. The minimum absolute atomic E-state index is 0.0552. The fourth-order valence-electron chi connectivity index (χ4n) is 1.75. The Hall–Kier alpha value is -1.20. The van der Waals surface area contributed by atoms with Crippen molar-refractivity contribution in [3.63, 3.8) is 0 Å². The van der Waals surface area contributed by atoms with E-state index >= 15 is 0 Å². The number of hydrogen-bond donors (Lipinski definition) is 1. The fraction of sp³-hybridized carbons (Fsp3) is 0.636. The maximum absolute atomic E-state index is 5.84. The zero-order chi connectivity index (χ0) is 11.7. The second kappa shape index (κ2) is 4.35. The van der Waals surface area contributed by atoms with Gasteiger partial charge in [-0.1, -0.05) is 0 Å². The van der Waals surface area contributed by atoms with Gasteiger partial charge >= 0.3 is 0 Å². The highest BCUT2D eigenvalue weighted by molar-refractivity contribution is 5.40. The number of nitrogens with two attached hydrogens (primary N) is 1. The van der Waals surface area contributed by atoms with Crippen LogP contribution < -0.4 is 5.73 Å². The standard InChI is InChI=1S/C11H18N4O/c1-7-8(2)13-11(14-10(7)12)9-6-15(3)4-5-16-9/h9H,4-6H2,1-3H3,(H2,12,13,14). The molecule has 1 atom stereocenters. The molecule has 1 unspecified atom stereocenters. The van der Waals surface area contributed by atoms with E-state index in [1.165, 1.54) is 0 Å². The highest BCUT2D eigenvalue weighted by Crippen LogP contribution is 2.21. The van der Waals surface area contributed by atoms with Crippen molar-refractivity contribution in [1.29, 1.82) is 0 Å². The smallest absolute Gasteiger partial charge is 0.161 e. The lowest BCUT2D eigenvalue weighted by Gasteiger charge is -2.29. The molecular formula is C11H18N4O. The molecule has 1 aromatic heterocycles. The molecule has 1 fully saturated rings. The Morgan fingerprint density at radius 2 is 2.12 bits per heavy atom. The van der Waals surface area contributed by atoms with Crippen LogP contribution in [-0.4, -0.2) is 41.6 Å². The van der Waals surface area contributed by atoms with E-state index in [0.717, 1.165) is 31.0 Å². The lowest BCUT2D eigenvalue weighted by atomic mass is 10.2. The van der Waals surface area contributed by atoms with Crippen LogP contribution in [0.15, 0.2) is 0 Å². The molecule has 0 amide bonds. The molecule has 0 saturated carbocycles. The van der Waals surface area contributed by atoms with Gasteiger partial charge in [-0.3, -0.25) is 0 Å². The third-order valence-electron chi connectivity index (χ3n) is 3.00. The Kier molecular flexibility index (Phi) is 3.07. The highest BCUT2D eigenvalue weighted by Gasteiger charge is 2.22. The molecule has 16 heavy (non-hydrogen) atoms. The molecule has 5 nitrogen and oxygen atoms in total. The van der Waals surface area contributed by atoms with Crippen LogP contribution in [0.2, 0.25) is 0 Å². The Bertz CT molecular complexity index is 371. The number of anilines is 1. The topological polar surface area (TPSA) is 64.3 Å². The van der Waals surface area contributed by atoms with Gasteiger partial charge in [-0.2, -0.15) is 0 Å². The van der Waals surface area contributed by atoms with Crippen molar-refractivity contribution in [3.8, 4) is 0 Å². The van der Waals surface area contributed by atoms with Gasteiger partial charge in [0, 0.05) is 24.3 Å². The lowest BCUT2D eigenvalue weighted by Crippen LogP contribution is -2.36. The predicted octanol–water partition coefficient (Wildman–Crippen LogP) is 0.679. The number of nitrogens with zero attached hydrogens (tertiary/aromatic N) is 3. The molecule has 5 heteroatoms. The zero-order valence-electron chi connectivity index (χ0n) is 10.0. The van der Waals surface area contributed by atoms with E-state index in [-0.39, 0.29) is 6.10 Å². The maximum atomic E-state index is 5.84. The van der Waals surface area contributed by atoms with Crippen molar-refractivity contribution in [1.82, 2.24) is 14.9 Å². The number of nitrogen functional groups attached to an aromatic ring is 1. The Balaban J connectivity index is 2.26. The number of aromatic nitrogens is 2. The van der Waals surface area contributed by atoms with Gasteiger partial charge in [0.05, 0.1) is 6.61 Å². The van der Waals surface area contributed by atoms with Gasteiger partial charge in [0.2, 0.25) is 0 Å². The third-order valence-corrected chi connectivity index (χ3v) is 3.00. The Morgan fingerprint density at radius 3 is 2.75 bits per heavy atom. The van der Waals surface area contributed by atoms with E-state index in [9.17, 15) is 0 Å². The number of likely N-dealkylation sites (N-methyl/N-ethyl adjacent to an activating group) is 1. The van der Waals surface area contributed by atoms with Gasteiger partial charge in [0.15, 0.2) is 5.82 Å². The summed E-state index contributed by atoms with van der Waals surface area (Å²) in [5.41, 5.74) is 7.72. The predicted molar refractivity (Wildman–Crippen MR) is 62.1 cm³/mol. The van der Waals surface area contributed by atoms with Crippen LogP contribution in [0.5, 0.6) is 0 Å².